The third-order valence-electron chi connectivity index (χ3n) is 4.54. The Morgan fingerprint density at radius 3 is 2.48 bits per heavy atom. The van der Waals surface area contributed by atoms with Gasteiger partial charge in [0, 0.05) is 31.9 Å². The first-order valence-electron chi connectivity index (χ1n) is 8.71. The van der Waals surface area contributed by atoms with E-state index in [0.29, 0.717) is 5.75 Å². The lowest BCUT2D eigenvalue weighted by Crippen LogP contribution is -2.48. The molecule has 0 saturated carbocycles. The molecule has 0 atom stereocenters. The average molecular weight is 370 g/mol. The van der Waals surface area contributed by atoms with E-state index in [9.17, 15) is 14.9 Å². The van der Waals surface area contributed by atoms with Gasteiger partial charge in [0.15, 0.2) is 0 Å². The Morgan fingerprint density at radius 2 is 1.85 bits per heavy atom. The summed E-state index contributed by atoms with van der Waals surface area (Å²) in [5, 5.41) is 13.9. The zero-order valence-corrected chi connectivity index (χ0v) is 15.1. The molecule has 2 aromatic carbocycles. The second-order valence-electron chi connectivity index (χ2n) is 6.29. The molecule has 1 saturated heterocycles. The SMILES string of the molecule is COc1ccc(NC(=O)CN2CCN(c3ccccc3)CC2)c([N+](=O)[O-])c1. The molecule has 27 heavy (non-hydrogen) atoms. The molecule has 0 unspecified atom stereocenters. The number of anilines is 2. The Bertz CT molecular complexity index is 805. The maximum atomic E-state index is 12.3. The molecule has 8 nitrogen and oxygen atoms in total. The standard InChI is InChI=1S/C19H22N4O4/c1-27-16-7-8-17(18(13-16)23(25)26)20-19(24)14-21-9-11-22(12-10-21)15-5-3-2-4-6-15/h2-8,13H,9-12,14H2,1H3,(H,20,24). The quantitative estimate of drug-likeness (QED) is 0.620. The van der Waals surface area contributed by atoms with Gasteiger partial charge in [-0.05, 0) is 24.3 Å². The summed E-state index contributed by atoms with van der Waals surface area (Å²) < 4.78 is 5.00. The van der Waals surface area contributed by atoms with E-state index in [4.69, 9.17) is 4.74 Å². The average Bonchev–Trinajstić information content (AvgIpc) is 2.69. The molecule has 2 aromatic rings. The van der Waals surface area contributed by atoms with Crippen LogP contribution in [0.3, 0.4) is 0 Å². The Hall–Kier alpha value is -3.13. The zero-order chi connectivity index (χ0) is 19.2. The molecular formula is C19H22N4O4. The largest absolute Gasteiger partial charge is 0.496 e. The smallest absolute Gasteiger partial charge is 0.296 e. The number of nitro groups is 1. The Kier molecular flexibility index (Phi) is 5.87. The van der Waals surface area contributed by atoms with E-state index in [2.05, 4.69) is 22.3 Å². The van der Waals surface area contributed by atoms with Gasteiger partial charge in [0.25, 0.3) is 5.69 Å². The van der Waals surface area contributed by atoms with Crippen molar-refractivity contribution in [3.05, 3.63) is 58.6 Å². The summed E-state index contributed by atoms with van der Waals surface area (Å²) in [4.78, 5) is 27.4. The van der Waals surface area contributed by atoms with E-state index >= 15 is 0 Å². The van der Waals surface area contributed by atoms with Crippen LogP contribution in [0, 0.1) is 10.1 Å². The number of nitro benzene ring substituents is 1. The number of para-hydroxylation sites is 1. The van der Waals surface area contributed by atoms with Crippen LogP contribution in [0.2, 0.25) is 0 Å². The van der Waals surface area contributed by atoms with Crippen molar-refractivity contribution in [2.45, 2.75) is 0 Å². The predicted molar refractivity (Wildman–Crippen MR) is 103 cm³/mol. The van der Waals surface area contributed by atoms with Gasteiger partial charge in [-0.25, -0.2) is 0 Å². The highest BCUT2D eigenvalue weighted by Crippen LogP contribution is 2.29. The van der Waals surface area contributed by atoms with Crippen LogP contribution in [0.5, 0.6) is 5.75 Å². The van der Waals surface area contributed by atoms with Gasteiger partial charge in [-0.3, -0.25) is 19.8 Å². The molecule has 1 fully saturated rings. The maximum absolute atomic E-state index is 12.3. The lowest BCUT2D eigenvalue weighted by molar-refractivity contribution is -0.384. The Labute approximate surface area is 157 Å². The van der Waals surface area contributed by atoms with Crippen molar-refractivity contribution in [3.63, 3.8) is 0 Å². The number of nitrogens with zero attached hydrogens (tertiary/aromatic N) is 3. The number of hydrogen-bond acceptors (Lipinski definition) is 6. The summed E-state index contributed by atoms with van der Waals surface area (Å²) in [6, 6.07) is 14.5. The number of carbonyl (C=O) groups excluding carboxylic acids is 1. The van der Waals surface area contributed by atoms with Gasteiger partial charge in [0.05, 0.1) is 24.6 Å². The summed E-state index contributed by atoms with van der Waals surface area (Å²) in [5.74, 6) is 0.105. The second-order valence-corrected chi connectivity index (χ2v) is 6.29. The van der Waals surface area contributed by atoms with E-state index in [0.717, 1.165) is 26.2 Å². The third-order valence-corrected chi connectivity index (χ3v) is 4.54. The molecule has 1 heterocycles. The molecule has 8 heteroatoms. The highest BCUT2D eigenvalue weighted by atomic mass is 16.6. The van der Waals surface area contributed by atoms with E-state index in [1.807, 2.05) is 23.1 Å². The van der Waals surface area contributed by atoms with Gasteiger partial charge in [-0.2, -0.15) is 0 Å². The van der Waals surface area contributed by atoms with E-state index < -0.39 is 4.92 Å². The van der Waals surface area contributed by atoms with Crippen LogP contribution in [-0.2, 0) is 4.79 Å². The summed E-state index contributed by atoms with van der Waals surface area (Å²) in [5.41, 5.74) is 1.17. The molecule has 1 N–H and O–H groups in total. The first-order chi connectivity index (χ1) is 13.1. The molecule has 1 aliphatic heterocycles. The number of nitrogens with one attached hydrogen (secondary N) is 1. The molecule has 3 rings (SSSR count). The number of piperazine rings is 1. The minimum Gasteiger partial charge on any atom is -0.496 e. The van der Waals surface area contributed by atoms with E-state index in [1.165, 1.54) is 24.9 Å². The highest BCUT2D eigenvalue weighted by molar-refractivity contribution is 5.94. The van der Waals surface area contributed by atoms with Gasteiger partial charge in [-0.15, -0.1) is 0 Å². The number of carbonyl (C=O) groups is 1. The van der Waals surface area contributed by atoms with Crippen LogP contribution < -0.4 is 15.0 Å². The first-order valence-corrected chi connectivity index (χ1v) is 8.71. The van der Waals surface area contributed by atoms with Crippen molar-refractivity contribution in [1.82, 2.24) is 4.90 Å². The van der Waals surface area contributed by atoms with Crippen molar-refractivity contribution < 1.29 is 14.5 Å². The van der Waals surface area contributed by atoms with Gasteiger partial charge in [0.2, 0.25) is 5.91 Å². The fourth-order valence-electron chi connectivity index (χ4n) is 3.09. The van der Waals surface area contributed by atoms with E-state index in [1.54, 1.807) is 6.07 Å². The minimum atomic E-state index is -0.531. The highest BCUT2D eigenvalue weighted by Gasteiger charge is 2.21. The van der Waals surface area contributed by atoms with Crippen molar-refractivity contribution in [3.8, 4) is 5.75 Å². The lowest BCUT2D eigenvalue weighted by Gasteiger charge is -2.35. The topological polar surface area (TPSA) is 88.0 Å². The van der Waals surface area contributed by atoms with Crippen LogP contribution >= 0.6 is 0 Å². The van der Waals surface area contributed by atoms with Crippen LogP contribution in [-0.4, -0.2) is 55.6 Å². The molecule has 1 aliphatic rings. The zero-order valence-electron chi connectivity index (χ0n) is 15.1. The number of ether oxygens (including phenoxy) is 1. The first kappa shape index (κ1) is 18.7. The summed E-state index contributed by atoms with van der Waals surface area (Å²) >= 11 is 0. The Morgan fingerprint density at radius 1 is 1.15 bits per heavy atom. The summed E-state index contributed by atoms with van der Waals surface area (Å²) in [6.07, 6.45) is 0. The minimum absolute atomic E-state index is 0.175. The molecule has 0 radical (unpaired) electrons. The van der Waals surface area contributed by atoms with Crippen LogP contribution in [0.15, 0.2) is 48.5 Å². The lowest BCUT2D eigenvalue weighted by atomic mass is 10.2. The summed E-state index contributed by atoms with van der Waals surface area (Å²) in [6.45, 7) is 3.38. The number of amides is 1. The molecule has 142 valence electrons. The fraction of sp³-hybridized carbons (Fsp3) is 0.316. The van der Waals surface area contributed by atoms with Crippen molar-refractivity contribution >= 4 is 23.0 Å². The van der Waals surface area contributed by atoms with Crippen LogP contribution in [0.1, 0.15) is 0 Å². The van der Waals surface area contributed by atoms with Gasteiger partial charge < -0.3 is 15.0 Å². The van der Waals surface area contributed by atoms with Gasteiger partial charge in [-0.1, -0.05) is 18.2 Å². The normalized spacial score (nSPS) is 14.6. The monoisotopic (exact) mass is 370 g/mol. The number of benzene rings is 2. The molecule has 0 spiro atoms. The fourth-order valence-corrected chi connectivity index (χ4v) is 3.09. The summed E-state index contributed by atoms with van der Waals surface area (Å²) in [7, 11) is 1.44. The van der Waals surface area contributed by atoms with Crippen molar-refractivity contribution in [2.75, 3.05) is 50.1 Å². The maximum Gasteiger partial charge on any atom is 0.296 e. The van der Waals surface area contributed by atoms with Gasteiger partial charge in [0.1, 0.15) is 11.4 Å². The van der Waals surface area contributed by atoms with Gasteiger partial charge >= 0.3 is 0 Å². The van der Waals surface area contributed by atoms with E-state index in [-0.39, 0.29) is 23.8 Å². The molecule has 0 aliphatic carbocycles. The van der Waals surface area contributed by atoms with Crippen LogP contribution in [0.25, 0.3) is 0 Å². The van der Waals surface area contributed by atoms with Crippen molar-refractivity contribution in [1.29, 1.82) is 0 Å². The molecule has 1 amide bonds. The third kappa shape index (κ3) is 4.73. The number of methoxy groups -OCH3 is 1. The number of hydrogen-bond donors (Lipinski definition) is 1. The molecule has 0 aromatic heterocycles. The number of rotatable bonds is 6. The van der Waals surface area contributed by atoms with Crippen molar-refractivity contribution in [2.24, 2.45) is 0 Å². The predicted octanol–water partition coefficient (Wildman–Crippen LogP) is 2.36. The second kappa shape index (κ2) is 8.50. The Balaban J connectivity index is 1.55. The molecule has 0 bridgehead atoms. The molecular weight excluding hydrogens is 348 g/mol. The van der Waals surface area contributed by atoms with Crippen LogP contribution in [0.4, 0.5) is 17.1 Å².